The molecule has 0 bridgehead atoms. The summed E-state index contributed by atoms with van der Waals surface area (Å²) in [5.41, 5.74) is 4.11. The number of hydrogen-bond acceptors (Lipinski definition) is 6. The van der Waals surface area contributed by atoms with Crippen molar-refractivity contribution in [2.45, 2.75) is 39.7 Å². The zero-order chi connectivity index (χ0) is 24.3. The first-order valence-electron chi connectivity index (χ1n) is 12.0. The van der Waals surface area contributed by atoms with Crippen molar-refractivity contribution >= 4 is 39.4 Å². The molecule has 0 spiro atoms. The fourth-order valence-corrected chi connectivity index (χ4v) is 6.99. The highest BCUT2D eigenvalue weighted by Gasteiger charge is 2.54. The first kappa shape index (κ1) is 22.4. The molecule has 1 saturated heterocycles. The van der Waals surface area contributed by atoms with Crippen LogP contribution in [0.3, 0.4) is 0 Å². The maximum atomic E-state index is 13.8. The van der Waals surface area contributed by atoms with E-state index in [1.54, 1.807) is 11.3 Å². The van der Waals surface area contributed by atoms with Crippen LogP contribution in [0.2, 0.25) is 0 Å². The summed E-state index contributed by atoms with van der Waals surface area (Å²) in [6.45, 7) is 7.11. The maximum Gasteiger partial charge on any atom is 0.274 e. The SMILES string of the molecule is CCc1ccc(-c2sc(C)nc2C(=O)N2C[C@H]3C[C@H]3[C@H]2CNC(=O)c2c(C)nc3sccn23)cc1. The molecule has 4 heterocycles. The number of piperidine rings is 1. The van der Waals surface area contributed by atoms with Gasteiger partial charge in [-0.15, -0.1) is 22.7 Å². The highest BCUT2D eigenvalue weighted by Crippen LogP contribution is 2.50. The van der Waals surface area contributed by atoms with E-state index in [1.165, 1.54) is 16.9 Å². The van der Waals surface area contributed by atoms with Gasteiger partial charge in [-0.1, -0.05) is 31.2 Å². The minimum Gasteiger partial charge on any atom is -0.349 e. The minimum absolute atomic E-state index is 0.0139. The van der Waals surface area contributed by atoms with Gasteiger partial charge in [0.25, 0.3) is 11.8 Å². The van der Waals surface area contributed by atoms with Crippen molar-refractivity contribution in [1.29, 1.82) is 0 Å². The van der Waals surface area contributed by atoms with E-state index in [-0.39, 0.29) is 17.9 Å². The number of fused-ring (bicyclic) bond motifs is 2. The number of amides is 2. The van der Waals surface area contributed by atoms with Gasteiger partial charge in [0.05, 0.1) is 21.6 Å². The van der Waals surface area contributed by atoms with E-state index >= 15 is 0 Å². The van der Waals surface area contributed by atoms with Gasteiger partial charge >= 0.3 is 0 Å². The van der Waals surface area contributed by atoms with Gasteiger partial charge in [-0.3, -0.25) is 14.0 Å². The third kappa shape index (κ3) is 3.87. The molecule has 7 nitrogen and oxygen atoms in total. The molecule has 1 N–H and O–H groups in total. The quantitative estimate of drug-likeness (QED) is 0.416. The third-order valence-electron chi connectivity index (χ3n) is 7.25. The number of carbonyl (C=O) groups excluding carboxylic acids is 2. The van der Waals surface area contributed by atoms with E-state index in [4.69, 9.17) is 0 Å². The number of carbonyl (C=O) groups is 2. The van der Waals surface area contributed by atoms with Crippen LogP contribution in [-0.4, -0.2) is 50.2 Å². The minimum atomic E-state index is -0.147. The number of nitrogens with one attached hydrogen (secondary N) is 1. The van der Waals surface area contributed by atoms with Crippen molar-refractivity contribution in [3.05, 3.63) is 63.5 Å². The predicted molar refractivity (Wildman–Crippen MR) is 138 cm³/mol. The molecule has 2 aliphatic rings. The van der Waals surface area contributed by atoms with Crippen LogP contribution in [0, 0.1) is 25.7 Å². The third-order valence-corrected chi connectivity index (χ3v) is 9.02. The van der Waals surface area contributed by atoms with E-state index in [2.05, 4.69) is 46.5 Å². The number of benzene rings is 1. The average molecular weight is 506 g/mol. The Morgan fingerprint density at radius 3 is 2.74 bits per heavy atom. The van der Waals surface area contributed by atoms with Crippen LogP contribution < -0.4 is 5.32 Å². The van der Waals surface area contributed by atoms with Gasteiger partial charge in [-0.05, 0) is 49.7 Å². The average Bonchev–Trinajstić information content (AvgIpc) is 3.18. The van der Waals surface area contributed by atoms with Crippen LogP contribution in [0.4, 0.5) is 0 Å². The smallest absolute Gasteiger partial charge is 0.274 e. The van der Waals surface area contributed by atoms with Crippen LogP contribution in [-0.2, 0) is 6.42 Å². The summed E-state index contributed by atoms with van der Waals surface area (Å²) in [4.78, 5) is 39.7. The van der Waals surface area contributed by atoms with E-state index in [9.17, 15) is 9.59 Å². The Hall–Kier alpha value is -3.04. The molecular formula is C26H27N5O2S2. The molecule has 2 fully saturated rings. The highest BCUT2D eigenvalue weighted by atomic mass is 32.1. The molecule has 35 heavy (non-hydrogen) atoms. The largest absolute Gasteiger partial charge is 0.349 e. The van der Waals surface area contributed by atoms with Crippen LogP contribution in [0.15, 0.2) is 35.8 Å². The lowest BCUT2D eigenvalue weighted by molar-refractivity contribution is 0.0690. The molecule has 0 radical (unpaired) electrons. The summed E-state index contributed by atoms with van der Waals surface area (Å²) < 4.78 is 1.83. The van der Waals surface area contributed by atoms with E-state index < -0.39 is 0 Å². The Kier molecular flexibility index (Phi) is 5.49. The fourth-order valence-electron chi connectivity index (χ4n) is 5.31. The molecule has 4 aromatic rings. The molecular weight excluding hydrogens is 478 g/mol. The summed E-state index contributed by atoms with van der Waals surface area (Å²) in [6, 6.07) is 8.39. The summed E-state index contributed by atoms with van der Waals surface area (Å²) in [5, 5.41) is 5.91. The second-order valence-electron chi connectivity index (χ2n) is 9.46. The molecule has 3 atom stereocenters. The van der Waals surface area contributed by atoms with Gasteiger partial charge in [0.1, 0.15) is 11.4 Å². The topological polar surface area (TPSA) is 79.6 Å². The Morgan fingerprint density at radius 2 is 1.97 bits per heavy atom. The van der Waals surface area contributed by atoms with Gasteiger partial charge in [-0.2, -0.15) is 0 Å². The fraction of sp³-hybridized carbons (Fsp3) is 0.385. The molecule has 1 aromatic carbocycles. The second kappa shape index (κ2) is 8.57. The van der Waals surface area contributed by atoms with Gasteiger partial charge < -0.3 is 10.2 Å². The lowest BCUT2D eigenvalue weighted by Crippen LogP contribution is -2.46. The Morgan fingerprint density at radius 1 is 1.17 bits per heavy atom. The van der Waals surface area contributed by atoms with Crippen LogP contribution >= 0.6 is 22.7 Å². The van der Waals surface area contributed by atoms with Crippen molar-refractivity contribution in [3.8, 4) is 10.4 Å². The number of likely N-dealkylation sites (tertiary alicyclic amines) is 1. The second-order valence-corrected chi connectivity index (χ2v) is 11.5. The molecule has 0 unspecified atom stereocenters. The van der Waals surface area contributed by atoms with Gasteiger partial charge in [0.15, 0.2) is 4.96 Å². The molecule has 180 valence electrons. The number of aryl methyl sites for hydroxylation is 3. The Bertz CT molecular complexity index is 1430. The number of imidazole rings is 1. The molecule has 1 aliphatic heterocycles. The first-order chi connectivity index (χ1) is 16.9. The maximum absolute atomic E-state index is 13.8. The lowest BCUT2D eigenvalue weighted by Gasteiger charge is -2.27. The van der Waals surface area contributed by atoms with Crippen molar-refractivity contribution in [1.82, 2.24) is 24.6 Å². The molecule has 9 heteroatoms. The van der Waals surface area contributed by atoms with Crippen LogP contribution in [0.1, 0.15) is 50.6 Å². The summed E-state index contributed by atoms with van der Waals surface area (Å²) in [6.07, 6.45) is 3.97. The van der Waals surface area contributed by atoms with Crippen molar-refractivity contribution in [3.63, 3.8) is 0 Å². The van der Waals surface area contributed by atoms with Gasteiger partial charge in [0, 0.05) is 24.7 Å². The summed E-state index contributed by atoms with van der Waals surface area (Å²) >= 11 is 3.07. The van der Waals surface area contributed by atoms with E-state index in [1.807, 2.05) is 34.7 Å². The van der Waals surface area contributed by atoms with E-state index in [0.717, 1.165) is 45.5 Å². The molecule has 2 amide bonds. The van der Waals surface area contributed by atoms with Crippen LogP contribution in [0.5, 0.6) is 0 Å². The zero-order valence-electron chi connectivity index (χ0n) is 19.9. The Balaban J connectivity index is 1.22. The lowest BCUT2D eigenvalue weighted by atomic mass is 10.1. The first-order valence-corrected chi connectivity index (χ1v) is 13.7. The van der Waals surface area contributed by atoms with Crippen molar-refractivity contribution < 1.29 is 9.59 Å². The number of hydrogen-bond donors (Lipinski definition) is 1. The standard InChI is InChI=1S/C26H27N5O2S2/c1-4-16-5-7-17(8-6-16)23-21(29-15(3)35-23)25(33)31-13-18-11-19(18)20(31)12-27-24(32)22-14(2)28-26-30(22)9-10-34-26/h5-10,18-20H,4,11-13H2,1-3H3,(H,27,32)/t18-,19-,20-/m1/s1. The number of rotatable bonds is 6. The normalized spacial score (nSPS) is 20.9. The molecule has 6 rings (SSSR count). The van der Waals surface area contributed by atoms with E-state index in [0.29, 0.717) is 29.8 Å². The molecule has 3 aromatic heterocycles. The van der Waals surface area contributed by atoms with Gasteiger partial charge in [0.2, 0.25) is 0 Å². The van der Waals surface area contributed by atoms with Crippen molar-refractivity contribution in [2.24, 2.45) is 11.8 Å². The Labute approximate surface area is 211 Å². The number of aromatic nitrogens is 3. The highest BCUT2D eigenvalue weighted by molar-refractivity contribution is 7.15. The zero-order valence-corrected chi connectivity index (χ0v) is 21.6. The number of thiazole rings is 2. The predicted octanol–water partition coefficient (Wildman–Crippen LogP) is 4.59. The molecule has 1 aliphatic carbocycles. The monoisotopic (exact) mass is 505 g/mol. The van der Waals surface area contributed by atoms with Crippen LogP contribution in [0.25, 0.3) is 15.4 Å². The van der Waals surface area contributed by atoms with Crippen molar-refractivity contribution in [2.75, 3.05) is 13.1 Å². The number of nitrogens with zero attached hydrogens (tertiary/aromatic N) is 4. The van der Waals surface area contributed by atoms with Gasteiger partial charge in [-0.25, -0.2) is 9.97 Å². The summed E-state index contributed by atoms with van der Waals surface area (Å²) in [5.74, 6) is 0.786. The molecule has 1 saturated carbocycles. The summed E-state index contributed by atoms with van der Waals surface area (Å²) in [7, 11) is 0.